The first kappa shape index (κ1) is 20.2. The van der Waals surface area contributed by atoms with Crippen molar-refractivity contribution >= 4 is 36.2 Å². The maximum absolute atomic E-state index is 14.1. The predicted molar refractivity (Wildman–Crippen MR) is 98.1 cm³/mol. The van der Waals surface area contributed by atoms with Crippen LogP contribution < -0.4 is 10.1 Å². The van der Waals surface area contributed by atoms with Crippen LogP contribution in [0.5, 0.6) is 5.75 Å². The molecule has 7 heteroatoms. The van der Waals surface area contributed by atoms with Gasteiger partial charge in [0.05, 0.1) is 13.2 Å². The summed E-state index contributed by atoms with van der Waals surface area (Å²) < 4.78 is 19.1. The first-order valence-electron chi connectivity index (χ1n) is 7.11. The Morgan fingerprint density at radius 3 is 2.52 bits per heavy atom. The summed E-state index contributed by atoms with van der Waals surface area (Å²) in [5.74, 6) is -0.00400. The van der Waals surface area contributed by atoms with Crippen molar-refractivity contribution in [2.45, 2.75) is 6.04 Å². The number of methoxy groups -OCH3 is 1. The van der Waals surface area contributed by atoms with Crippen LogP contribution in [0, 0.1) is 5.82 Å². The molecule has 1 atom stereocenters. The van der Waals surface area contributed by atoms with Crippen molar-refractivity contribution in [1.82, 2.24) is 10.2 Å². The van der Waals surface area contributed by atoms with E-state index < -0.39 is 0 Å². The van der Waals surface area contributed by atoms with E-state index in [1.165, 1.54) is 12.0 Å². The van der Waals surface area contributed by atoms with Gasteiger partial charge >= 0.3 is 0 Å². The number of piperazine rings is 1. The molecule has 1 aromatic heterocycles. The van der Waals surface area contributed by atoms with E-state index in [1.54, 1.807) is 23.5 Å². The van der Waals surface area contributed by atoms with Crippen molar-refractivity contribution in [3.63, 3.8) is 0 Å². The van der Waals surface area contributed by atoms with Crippen LogP contribution in [-0.2, 0) is 0 Å². The number of benzene rings is 1. The minimum absolute atomic E-state index is 0. The van der Waals surface area contributed by atoms with E-state index in [2.05, 4.69) is 27.7 Å². The molecule has 1 fully saturated rings. The van der Waals surface area contributed by atoms with Gasteiger partial charge in [-0.25, -0.2) is 4.39 Å². The molecular formula is C16H21Cl2FN2OS. The van der Waals surface area contributed by atoms with E-state index in [9.17, 15) is 4.39 Å². The van der Waals surface area contributed by atoms with E-state index in [0.717, 1.165) is 31.7 Å². The maximum Gasteiger partial charge on any atom is 0.165 e. The molecule has 3 nitrogen and oxygen atoms in total. The normalized spacial score (nSPS) is 16.1. The molecule has 0 radical (unpaired) electrons. The van der Waals surface area contributed by atoms with Crippen LogP contribution in [0.4, 0.5) is 4.39 Å². The highest BCUT2D eigenvalue weighted by Gasteiger charge is 2.25. The summed E-state index contributed by atoms with van der Waals surface area (Å²) in [6.45, 7) is 3.88. The zero-order valence-corrected chi connectivity index (χ0v) is 15.3. The maximum atomic E-state index is 14.1. The lowest BCUT2D eigenvalue weighted by Gasteiger charge is -2.34. The third-order valence-electron chi connectivity index (χ3n) is 3.82. The first-order chi connectivity index (χ1) is 10.3. The molecule has 0 unspecified atom stereocenters. The Morgan fingerprint density at radius 1 is 1.22 bits per heavy atom. The Hall–Kier alpha value is -0.850. The second-order valence-electron chi connectivity index (χ2n) is 5.10. The van der Waals surface area contributed by atoms with E-state index in [1.807, 2.05) is 6.07 Å². The number of ether oxygens (including phenoxy) is 1. The van der Waals surface area contributed by atoms with Gasteiger partial charge in [0.15, 0.2) is 11.6 Å². The van der Waals surface area contributed by atoms with E-state index >= 15 is 0 Å². The Kier molecular flexibility index (Phi) is 8.29. The highest BCUT2D eigenvalue weighted by atomic mass is 35.5. The Bertz CT molecular complexity index is 592. The fourth-order valence-electron chi connectivity index (χ4n) is 2.79. The lowest BCUT2D eigenvalue weighted by Crippen LogP contribution is -2.45. The topological polar surface area (TPSA) is 24.5 Å². The molecule has 0 aliphatic carbocycles. The molecule has 1 aliphatic rings. The summed E-state index contributed by atoms with van der Waals surface area (Å²) in [5.41, 5.74) is 0.984. The summed E-state index contributed by atoms with van der Waals surface area (Å²) >= 11 is 1.72. The Morgan fingerprint density at radius 2 is 1.96 bits per heavy atom. The molecule has 1 saturated heterocycles. The molecule has 0 spiro atoms. The molecule has 0 saturated carbocycles. The zero-order valence-electron chi connectivity index (χ0n) is 12.8. The molecule has 3 rings (SSSR count). The van der Waals surface area contributed by atoms with Gasteiger partial charge in [0, 0.05) is 31.1 Å². The predicted octanol–water partition coefficient (Wildman–Crippen LogP) is 3.73. The Balaban J connectivity index is 0.00000132. The van der Waals surface area contributed by atoms with Crippen molar-refractivity contribution in [3.05, 3.63) is 52.0 Å². The fourth-order valence-corrected chi connectivity index (χ4v) is 3.68. The lowest BCUT2D eigenvalue weighted by atomic mass is 10.0. The zero-order chi connectivity index (χ0) is 14.7. The Labute approximate surface area is 152 Å². The standard InChI is InChI=1S/C16H19FN2OS.2ClH/c1-20-14-5-4-12(11-13(14)17)16(15-3-2-10-21-15)19-8-6-18-7-9-19;;/h2-5,10-11,16,18H,6-9H2,1H3;2*1H/t16-;;/m0../s1. The average Bonchev–Trinajstić information content (AvgIpc) is 3.03. The number of hydrogen-bond donors (Lipinski definition) is 1. The molecule has 0 amide bonds. The van der Waals surface area contributed by atoms with Crippen molar-refractivity contribution in [2.24, 2.45) is 0 Å². The van der Waals surface area contributed by atoms with Gasteiger partial charge in [0.25, 0.3) is 0 Å². The van der Waals surface area contributed by atoms with Crippen LogP contribution in [0.1, 0.15) is 16.5 Å². The van der Waals surface area contributed by atoms with Gasteiger partial charge in [-0.2, -0.15) is 0 Å². The number of halogens is 3. The minimum Gasteiger partial charge on any atom is -0.494 e. The molecule has 0 bridgehead atoms. The molecule has 1 aromatic carbocycles. The summed E-state index contributed by atoms with van der Waals surface area (Å²) in [6.07, 6.45) is 0. The van der Waals surface area contributed by atoms with Gasteiger partial charge in [0.2, 0.25) is 0 Å². The number of thiophene rings is 1. The van der Waals surface area contributed by atoms with Crippen LogP contribution in [-0.4, -0.2) is 38.2 Å². The van der Waals surface area contributed by atoms with Gasteiger partial charge in [-0.15, -0.1) is 36.2 Å². The second kappa shape index (κ2) is 9.45. The second-order valence-corrected chi connectivity index (χ2v) is 6.08. The highest BCUT2D eigenvalue weighted by molar-refractivity contribution is 7.10. The number of nitrogens with zero attached hydrogens (tertiary/aromatic N) is 1. The van der Waals surface area contributed by atoms with Crippen molar-refractivity contribution in [2.75, 3.05) is 33.3 Å². The molecular weight excluding hydrogens is 358 g/mol. The van der Waals surface area contributed by atoms with Crippen LogP contribution in [0.25, 0.3) is 0 Å². The largest absolute Gasteiger partial charge is 0.494 e. The summed E-state index contributed by atoms with van der Waals surface area (Å²) in [5, 5.41) is 5.44. The van der Waals surface area contributed by atoms with Gasteiger partial charge < -0.3 is 10.1 Å². The lowest BCUT2D eigenvalue weighted by molar-refractivity contribution is 0.200. The summed E-state index contributed by atoms with van der Waals surface area (Å²) in [6, 6.07) is 9.58. The number of rotatable bonds is 4. The van der Waals surface area contributed by atoms with E-state index in [-0.39, 0.29) is 36.7 Å². The van der Waals surface area contributed by atoms with Crippen LogP contribution in [0.15, 0.2) is 35.7 Å². The van der Waals surface area contributed by atoms with Crippen molar-refractivity contribution in [3.8, 4) is 5.75 Å². The molecule has 1 N–H and O–H groups in total. The molecule has 2 aromatic rings. The molecule has 128 valence electrons. The van der Waals surface area contributed by atoms with E-state index in [4.69, 9.17) is 4.74 Å². The quantitative estimate of drug-likeness (QED) is 0.876. The van der Waals surface area contributed by atoms with E-state index in [0.29, 0.717) is 5.75 Å². The number of nitrogens with one attached hydrogen (secondary N) is 1. The average molecular weight is 379 g/mol. The van der Waals surface area contributed by atoms with Gasteiger partial charge in [-0.05, 0) is 29.1 Å². The molecule has 23 heavy (non-hydrogen) atoms. The number of hydrogen-bond acceptors (Lipinski definition) is 4. The van der Waals surface area contributed by atoms with Gasteiger partial charge in [0.1, 0.15) is 0 Å². The van der Waals surface area contributed by atoms with Crippen molar-refractivity contribution in [1.29, 1.82) is 0 Å². The van der Waals surface area contributed by atoms with Crippen molar-refractivity contribution < 1.29 is 9.13 Å². The molecule has 1 aliphatic heterocycles. The molecule has 2 heterocycles. The third-order valence-corrected chi connectivity index (χ3v) is 4.75. The SMILES string of the molecule is COc1ccc([C@@H](c2cccs2)N2CCNCC2)cc1F.Cl.Cl. The van der Waals surface area contributed by atoms with Gasteiger partial charge in [-0.3, -0.25) is 4.90 Å². The summed E-state index contributed by atoms with van der Waals surface area (Å²) in [7, 11) is 1.49. The highest BCUT2D eigenvalue weighted by Crippen LogP contribution is 2.33. The van der Waals surface area contributed by atoms with Crippen LogP contribution in [0.3, 0.4) is 0 Å². The minimum atomic E-state index is -0.299. The van der Waals surface area contributed by atoms with Crippen LogP contribution in [0.2, 0.25) is 0 Å². The summed E-state index contributed by atoms with van der Waals surface area (Å²) in [4.78, 5) is 3.66. The van der Waals surface area contributed by atoms with Crippen LogP contribution >= 0.6 is 36.2 Å². The monoisotopic (exact) mass is 378 g/mol. The third kappa shape index (κ3) is 4.58. The smallest absolute Gasteiger partial charge is 0.165 e. The first-order valence-corrected chi connectivity index (χ1v) is 7.99. The fraction of sp³-hybridized carbons (Fsp3) is 0.375. The van der Waals surface area contributed by atoms with Gasteiger partial charge in [-0.1, -0.05) is 12.1 Å².